The number of ether oxygens (including phenoxy) is 3. The smallest absolute Gasteiger partial charge is 0.410 e. The van der Waals surface area contributed by atoms with Gasteiger partial charge < -0.3 is 19.1 Å². The maximum atomic E-state index is 13.0. The first-order chi connectivity index (χ1) is 16.2. The molecule has 0 fully saturated rings. The van der Waals surface area contributed by atoms with Gasteiger partial charge in [-0.3, -0.25) is 9.20 Å². The van der Waals surface area contributed by atoms with Gasteiger partial charge in [-0.15, -0.1) is 0 Å². The van der Waals surface area contributed by atoms with Gasteiger partial charge in [0.25, 0.3) is 5.56 Å². The van der Waals surface area contributed by atoms with Crippen LogP contribution in [0.15, 0.2) is 59.5 Å². The van der Waals surface area contributed by atoms with Gasteiger partial charge in [-0.25, -0.2) is 4.79 Å². The van der Waals surface area contributed by atoms with E-state index >= 15 is 0 Å². The van der Waals surface area contributed by atoms with E-state index in [1.54, 1.807) is 29.6 Å². The van der Waals surface area contributed by atoms with Gasteiger partial charge in [-0.1, -0.05) is 18.2 Å². The number of methoxy groups -OCH3 is 2. The molecule has 7 heteroatoms. The van der Waals surface area contributed by atoms with Crippen molar-refractivity contribution in [1.29, 1.82) is 0 Å². The fraction of sp³-hybridized carbons (Fsp3) is 0.333. The van der Waals surface area contributed by atoms with Gasteiger partial charge in [0.2, 0.25) is 0 Å². The third-order valence-electron chi connectivity index (χ3n) is 5.75. The van der Waals surface area contributed by atoms with Crippen molar-refractivity contribution in [3.63, 3.8) is 0 Å². The molecule has 2 aromatic heterocycles. The molecule has 178 valence electrons. The van der Waals surface area contributed by atoms with Crippen LogP contribution in [-0.4, -0.2) is 48.3 Å². The number of rotatable bonds is 4. The Bertz CT molecular complexity index is 1320. The summed E-state index contributed by atoms with van der Waals surface area (Å²) in [5.74, 6) is 1.25. The molecule has 0 saturated carbocycles. The molecule has 4 rings (SSSR count). The molecule has 0 aliphatic carbocycles. The Morgan fingerprint density at radius 2 is 1.65 bits per heavy atom. The van der Waals surface area contributed by atoms with Crippen LogP contribution in [-0.2, 0) is 4.74 Å². The molecule has 1 aliphatic heterocycles. The minimum atomic E-state index is -0.517. The lowest BCUT2D eigenvalue weighted by atomic mass is 10.0. The first kappa shape index (κ1) is 23.4. The van der Waals surface area contributed by atoms with Gasteiger partial charge in [0.05, 0.1) is 14.2 Å². The average molecular weight is 463 g/mol. The van der Waals surface area contributed by atoms with Crippen molar-refractivity contribution >= 4 is 17.2 Å². The molecule has 3 heterocycles. The summed E-state index contributed by atoms with van der Waals surface area (Å²) in [6.07, 6.45) is 4.28. The number of hydrogen-bond donors (Lipinski definition) is 0. The number of carbonyl (C=O) groups excluding carboxylic acids is 1. The molecule has 3 aromatic rings. The Kier molecular flexibility index (Phi) is 6.37. The Hall–Kier alpha value is -3.74. The van der Waals surface area contributed by atoms with Crippen LogP contribution in [0.5, 0.6) is 11.5 Å². The lowest BCUT2D eigenvalue weighted by Crippen LogP contribution is -2.39. The van der Waals surface area contributed by atoms with Crippen molar-refractivity contribution < 1.29 is 19.0 Å². The van der Waals surface area contributed by atoms with E-state index in [1.807, 2.05) is 69.4 Å². The molecule has 0 atom stereocenters. The molecule has 1 aromatic carbocycles. The Labute approximate surface area is 199 Å². The summed E-state index contributed by atoms with van der Waals surface area (Å²) in [5.41, 5.74) is 3.93. The monoisotopic (exact) mass is 462 g/mol. The minimum Gasteiger partial charge on any atom is -0.493 e. The maximum absolute atomic E-state index is 13.0. The van der Waals surface area contributed by atoms with Crippen molar-refractivity contribution in [2.24, 2.45) is 0 Å². The van der Waals surface area contributed by atoms with Crippen LogP contribution in [0.1, 0.15) is 32.8 Å². The first-order valence-corrected chi connectivity index (χ1v) is 11.2. The SMILES string of the molecule is COc1ccc(-c2cc(=O)n3cc(C4=CCN(C(=O)OC(C)(C)C)CC4)ccc3c2)cc1OC. The van der Waals surface area contributed by atoms with Gasteiger partial charge in [0.15, 0.2) is 11.5 Å². The zero-order valence-electron chi connectivity index (χ0n) is 20.3. The third-order valence-corrected chi connectivity index (χ3v) is 5.75. The lowest BCUT2D eigenvalue weighted by Gasteiger charge is -2.29. The quantitative estimate of drug-likeness (QED) is 0.545. The normalized spacial score (nSPS) is 14.0. The molecule has 7 nitrogen and oxygen atoms in total. The zero-order valence-corrected chi connectivity index (χ0v) is 20.3. The van der Waals surface area contributed by atoms with Gasteiger partial charge >= 0.3 is 6.09 Å². The molecular weight excluding hydrogens is 432 g/mol. The van der Waals surface area contributed by atoms with Gasteiger partial charge in [-0.2, -0.15) is 0 Å². The second-order valence-electron chi connectivity index (χ2n) is 9.27. The Balaban J connectivity index is 1.59. The van der Waals surface area contributed by atoms with E-state index in [-0.39, 0.29) is 11.7 Å². The summed E-state index contributed by atoms with van der Waals surface area (Å²) in [6, 6.07) is 13.2. The topological polar surface area (TPSA) is 69.5 Å². The van der Waals surface area contributed by atoms with E-state index in [9.17, 15) is 9.59 Å². The van der Waals surface area contributed by atoms with Crippen molar-refractivity contribution in [3.8, 4) is 22.6 Å². The molecule has 0 saturated heterocycles. The number of amides is 1. The maximum Gasteiger partial charge on any atom is 0.410 e. The predicted molar refractivity (Wildman–Crippen MR) is 133 cm³/mol. The summed E-state index contributed by atoms with van der Waals surface area (Å²) in [5, 5.41) is 0. The highest BCUT2D eigenvalue weighted by atomic mass is 16.6. The number of carbonyl (C=O) groups is 1. The minimum absolute atomic E-state index is 0.115. The molecule has 0 N–H and O–H groups in total. The van der Waals surface area contributed by atoms with Crippen LogP contribution in [0.3, 0.4) is 0 Å². The first-order valence-electron chi connectivity index (χ1n) is 11.2. The predicted octanol–water partition coefficient (Wildman–Crippen LogP) is 5.01. The van der Waals surface area contributed by atoms with Gasteiger partial charge in [0.1, 0.15) is 5.60 Å². The van der Waals surface area contributed by atoms with E-state index in [0.29, 0.717) is 31.0 Å². The highest BCUT2D eigenvalue weighted by molar-refractivity contribution is 5.75. The molecule has 0 bridgehead atoms. The van der Waals surface area contributed by atoms with Crippen LogP contribution in [0.4, 0.5) is 4.79 Å². The largest absolute Gasteiger partial charge is 0.493 e. The Morgan fingerprint density at radius 3 is 2.29 bits per heavy atom. The van der Waals surface area contributed by atoms with E-state index < -0.39 is 5.60 Å². The summed E-state index contributed by atoms with van der Waals surface area (Å²) in [7, 11) is 3.18. The fourth-order valence-corrected chi connectivity index (χ4v) is 4.02. The van der Waals surface area contributed by atoms with Crippen LogP contribution in [0.25, 0.3) is 22.2 Å². The molecule has 1 aliphatic rings. The molecule has 0 radical (unpaired) electrons. The van der Waals surface area contributed by atoms with Crippen LogP contribution >= 0.6 is 0 Å². The van der Waals surface area contributed by atoms with Crippen LogP contribution in [0, 0.1) is 0 Å². The summed E-state index contributed by atoms with van der Waals surface area (Å²) in [6.45, 7) is 6.64. The van der Waals surface area contributed by atoms with Crippen molar-refractivity contribution in [1.82, 2.24) is 9.30 Å². The summed E-state index contributed by atoms with van der Waals surface area (Å²) >= 11 is 0. The average Bonchev–Trinajstić information content (AvgIpc) is 2.82. The second-order valence-corrected chi connectivity index (χ2v) is 9.27. The number of fused-ring (bicyclic) bond motifs is 1. The lowest BCUT2D eigenvalue weighted by molar-refractivity contribution is 0.0270. The number of aromatic nitrogens is 1. The molecule has 0 unspecified atom stereocenters. The van der Waals surface area contributed by atoms with Gasteiger partial charge in [-0.05, 0) is 73.7 Å². The van der Waals surface area contributed by atoms with Gasteiger partial charge in [0, 0.05) is 30.9 Å². The molecule has 1 amide bonds. The van der Waals surface area contributed by atoms with E-state index in [1.165, 1.54) is 0 Å². The van der Waals surface area contributed by atoms with Crippen molar-refractivity contribution in [2.75, 3.05) is 27.3 Å². The number of benzene rings is 1. The number of pyridine rings is 2. The van der Waals surface area contributed by atoms with Crippen LogP contribution in [0.2, 0.25) is 0 Å². The standard InChI is InChI=1S/C27H30N2O5/c1-27(2,3)34-26(31)28-12-10-18(11-13-28)20-6-8-22-14-21(16-25(30)29(22)17-20)19-7-9-23(32-4)24(15-19)33-5/h6-10,14-17H,11-13H2,1-5H3. The number of hydrogen-bond acceptors (Lipinski definition) is 5. The summed E-state index contributed by atoms with van der Waals surface area (Å²) < 4.78 is 17.8. The Morgan fingerprint density at radius 1 is 0.912 bits per heavy atom. The van der Waals surface area contributed by atoms with Crippen molar-refractivity contribution in [3.05, 3.63) is 70.7 Å². The van der Waals surface area contributed by atoms with Crippen molar-refractivity contribution in [2.45, 2.75) is 32.8 Å². The molecule has 0 spiro atoms. The fourth-order valence-electron chi connectivity index (χ4n) is 4.02. The van der Waals surface area contributed by atoms with Crippen LogP contribution < -0.4 is 15.0 Å². The molecular formula is C27H30N2O5. The van der Waals surface area contributed by atoms with E-state index in [0.717, 1.165) is 27.8 Å². The number of nitrogens with zero attached hydrogens (tertiary/aromatic N) is 2. The van der Waals surface area contributed by atoms with E-state index in [4.69, 9.17) is 14.2 Å². The zero-order chi connectivity index (χ0) is 24.5. The highest BCUT2D eigenvalue weighted by Gasteiger charge is 2.24. The third kappa shape index (κ3) is 4.93. The molecule has 34 heavy (non-hydrogen) atoms. The highest BCUT2D eigenvalue weighted by Crippen LogP contribution is 2.32. The van der Waals surface area contributed by atoms with E-state index in [2.05, 4.69) is 0 Å². The second kappa shape index (κ2) is 9.25. The summed E-state index contributed by atoms with van der Waals surface area (Å²) in [4.78, 5) is 27.0.